The molecule has 0 spiro atoms. The van der Waals surface area contributed by atoms with Crippen LogP contribution in [0.25, 0.3) is 0 Å². The van der Waals surface area contributed by atoms with Gasteiger partial charge in [0.15, 0.2) is 0 Å². The molecule has 1 fully saturated rings. The number of hydrogen-bond donors (Lipinski definition) is 1. The van der Waals surface area contributed by atoms with Crippen LogP contribution in [-0.2, 0) is 4.79 Å². The second-order valence-corrected chi connectivity index (χ2v) is 3.99. The lowest BCUT2D eigenvalue weighted by Gasteiger charge is -2.25. The Balaban J connectivity index is 2.70. The lowest BCUT2D eigenvalue weighted by Crippen LogP contribution is -2.40. The molecular formula is C10H16N2O2. The number of rotatable bonds is 2. The fourth-order valence-electron chi connectivity index (χ4n) is 1.55. The predicted octanol–water partition coefficient (Wildman–Crippen LogP) is 0.519. The summed E-state index contributed by atoms with van der Waals surface area (Å²) in [7, 11) is 0. The molecule has 0 radical (unpaired) electrons. The van der Waals surface area contributed by atoms with E-state index in [-0.39, 0.29) is 5.91 Å². The molecule has 0 aromatic heterocycles. The first-order valence-corrected chi connectivity index (χ1v) is 4.92. The summed E-state index contributed by atoms with van der Waals surface area (Å²) < 4.78 is 0. The number of hydrogen-bond acceptors (Lipinski definition) is 3. The molecule has 1 aliphatic heterocycles. The molecule has 0 aromatic rings. The van der Waals surface area contributed by atoms with E-state index in [9.17, 15) is 9.90 Å². The summed E-state index contributed by atoms with van der Waals surface area (Å²) in [6.07, 6.45) is 0.713. The minimum atomic E-state index is -0.927. The predicted molar refractivity (Wildman–Crippen MR) is 51.2 cm³/mol. The van der Waals surface area contributed by atoms with Crippen molar-refractivity contribution in [3.63, 3.8) is 0 Å². The van der Waals surface area contributed by atoms with Gasteiger partial charge in [-0.3, -0.25) is 4.79 Å². The van der Waals surface area contributed by atoms with E-state index < -0.39 is 11.5 Å². The maximum Gasteiger partial charge on any atom is 0.242 e. The summed E-state index contributed by atoms with van der Waals surface area (Å²) in [5.41, 5.74) is -0.927. The maximum atomic E-state index is 11.9. The van der Waals surface area contributed by atoms with Crippen LogP contribution in [0.1, 0.15) is 26.7 Å². The normalized spacial score (nSPS) is 25.6. The van der Waals surface area contributed by atoms with Crippen LogP contribution in [0.5, 0.6) is 0 Å². The van der Waals surface area contributed by atoms with Crippen molar-refractivity contribution in [1.82, 2.24) is 4.90 Å². The number of carbonyl (C=O) groups excluding carboxylic acids is 1. The van der Waals surface area contributed by atoms with Gasteiger partial charge in [-0.15, -0.1) is 0 Å². The van der Waals surface area contributed by atoms with E-state index >= 15 is 0 Å². The van der Waals surface area contributed by atoms with E-state index in [0.29, 0.717) is 25.9 Å². The van der Waals surface area contributed by atoms with Crippen molar-refractivity contribution in [2.45, 2.75) is 32.8 Å². The molecule has 1 aliphatic rings. The Morgan fingerprint density at radius 3 is 2.79 bits per heavy atom. The third kappa shape index (κ3) is 1.88. The quantitative estimate of drug-likeness (QED) is 0.700. The molecule has 1 unspecified atom stereocenters. The number of carbonyl (C=O) groups is 1. The summed E-state index contributed by atoms with van der Waals surface area (Å²) in [6, 6.07) is 2.05. The van der Waals surface area contributed by atoms with Crippen molar-refractivity contribution in [3.05, 3.63) is 0 Å². The lowest BCUT2D eigenvalue weighted by molar-refractivity contribution is -0.137. The highest BCUT2D eigenvalue weighted by Gasteiger charge is 2.37. The standard InChI is InChI=1S/C10H16N2O2/c1-3-10(2,7-11)9(14)12-5-4-8(13)6-12/h8,13H,3-6H2,1-2H3/t8-,10?/m1/s1. The molecule has 78 valence electrons. The first-order chi connectivity index (χ1) is 6.53. The summed E-state index contributed by atoms with van der Waals surface area (Å²) in [6.45, 7) is 4.42. The van der Waals surface area contributed by atoms with Gasteiger partial charge in [-0.25, -0.2) is 0 Å². The van der Waals surface area contributed by atoms with Crippen LogP contribution in [0.4, 0.5) is 0 Å². The highest BCUT2D eigenvalue weighted by Crippen LogP contribution is 2.25. The van der Waals surface area contributed by atoms with Crippen LogP contribution in [0.2, 0.25) is 0 Å². The van der Waals surface area contributed by atoms with E-state index in [4.69, 9.17) is 5.26 Å². The highest BCUT2D eigenvalue weighted by molar-refractivity contribution is 5.85. The van der Waals surface area contributed by atoms with Crippen LogP contribution >= 0.6 is 0 Å². The fraction of sp³-hybridized carbons (Fsp3) is 0.800. The van der Waals surface area contributed by atoms with Crippen LogP contribution in [0.3, 0.4) is 0 Å². The number of β-amino-alcohol motifs (C(OH)–C–C–N with tert-alkyl or cyclic N) is 1. The molecule has 1 rings (SSSR count). The van der Waals surface area contributed by atoms with Crippen molar-refractivity contribution >= 4 is 5.91 Å². The Kier molecular flexibility index (Phi) is 3.12. The van der Waals surface area contributed by atoms with Crippen molar-refractivity contribution in [2.75, 3.05) is 13.1 Å². The zero-order chi connectivity index (χ0) is 10.8. The number of amides is 1. The van der Waals surface area contributed by atoms with Gasteiger partial charge in [0.05, 0.1) is 12.2 Å². The molecule has 1 amide bonds. The number of aliphatic hydroxyl groups is 1. The van der Waals surface area contributed by atoms with Gasteiger partial charge in [-0.1, -0.05) is 6.92 Å². The zero-order valence-corrected chi connectivity index (χ0v) is 8.66. The van der Waals surface area contributed by atoms with Gasteiger partial charge in [0, 0.05) is 13.1 Å². The number of nitrogens with zero attached hydrogens (tertiary/aromatic N) is 2. The molecule has 2 atom stereocenters. The summed E-state index contributed by atoms with van der Waals surface area (Å²) in [5.74, 6) is -0.154. The van der Waals surface area contributed by atoms with Gasteiger partial charge in [-0.2, -0.15) is 5.26 Å². The minimum absolute atomic E-state index is 0.154. The topological polar surface area (TPSA) is 64.3 Å². The Morgan fingerprint density at radius 2 is 2.43 bits per heavy atom. The van der Waals surface area contributed by atoms with Crippen LogP contribution < -0.4 is 0 Å². The number of aliphatic hydroxyl groups excluding tert-OH is 1. The Morgan fingerprint density at radius 1 is 1.79 bits per heavy atom. The van der Waals surface area contributed by atoms with Gasteiger partial charge in [0.1, 0.15) is 5.41 Å². The molecule has 0 aromatic carbocycles. The van der Waals surface area contributed by atoms with Crippen molar-refractivity contribution in [2.24, 2.45) is 5.41 Å². The molecule has 14 heavy (non-hydrogen) atoms. The maximum absolute atomic E-state index is 11.9. The van der Waals surface area contributed by atoms with Crippen molar-refractivity contribution in [1.29, 1.82) is 5.26 Å². The summed E-state index contributed by atoms with van der Waals surface area (Å²) >= 11 is 0. The average Bonchev–Trinajstić information content (AvgIpc) is 2.62. The third-order valence-corrected chi connectivity index (χ3v) is 2.88. The Bertz CT molecular complexity index is 272. The molecule has 0 aliphatic carbocycles. The third-order valence-electron chi connectivity index (χ3n) is 2.88. The van der Waals surface area contributed by atoms with Crippen LogP contribution in [0, 0.1) is 16.7 Å². The Hall–Kier alpha value is -1.08. The second-order valence-electron chi connectivity index (χ2n) is 3.99. The molecule has 1 heterocycles. The molecule has 4 nitrogen and oxygen atoms in total. The Labute approximate surface area is 84.1 Å². The van der Waals surface area contributed by atoms with Gasteiger partial charge in [0.2, 0.25) is 5.91 Å². The van der Waals surface area contributed by atoms with E-state index in [2.05, 4.69) is 0 Å². The van der Waals surface area contributed by atoms with E-state index in [1.165, 1.54) is 0 Å². The van der Waals surface area contributed by atoms with E-state index in [1.807, 2.05) is 13.0 Å². The zero-order valence-electron chi connectivity index (χ0n) is 8.66. The largest absolute Gasteiger partial charge is 0.391 e. The first-order valence-electron chi connectivity index (χ1n) is 4.92. The molecule has 0 saturated carbocycles. The van der Waals surface area contributed by atoms with Gasteiger partial charge >= 0.3 is 0 Å². The molecule has 1 saturated heterocycles. The lowest BCUT2D eigenvalue weighted by atomic mass is 9.88. The average molecular weight is 196 g/mol. The second kappa shape index (κ2) is 3.97. The van der Waals surface area contributed by atoms with Crippen LogP contribution in [0.15, 0.2) is 0 Å². The summed E-state index contributed by atoms with van der Waals surface area (Å²) in [4.78, 5) is 13.4. The monoisotopic (exact) mass is 196 g/mol. The fourth-order valence-corrected chi connectivity index (χ4v) is 1.55. The van der Waals surface area contributed by atoms with Gasteiger partial charge < -0.3 is 10.0 Å². The van der Waals surface area contributed by atoms with E-state index in [1.54, 1.807) is 11.8 Å². The van der Waals surface area contributed by atoms with Gasteiger partial charge in [-0.05, 0) is 19.8 Å². The van der Waals surface area contributed by atoms with Crippen molar-refractivity contribution < 1.29 is 9.90 Å². The molecule has 1 N–H and O–H groups in total. The van der Waals surface area contributed by atoms with E-state index in [0.717, 1.165) is 0 Å². The smallest absolute Gasteiger partial charge is 0.242 e. The molecular weight excluding hydrogens is 180 g/mol. The summed E-state index contributed by atoms with van der Waals surface area (Å²) in [5, 5.41) is 18.2. The van der Waals surface area contributed by atoms with Crippen molar-refractivity contribution in [3.8, 4) is 6.07 Å². The number of nitriles is 1. The van der Waals surface area contributed by atoms with Gasteiger partial charge in [0.25, 0.3) is 0 Å². The molecule has 0 bridgehead atoms. The van der Waals surface area contributed by atoms with Crippen LogP contribution in [-0.4, -0.2) is 35.1 Å². The first kappa shape index (κ1) is 11.0. The highest BCUT2D eigenvalue weighted by atomic mass is 16.3. The SMILES string of the molecule is CCC(C)(C#N)C(=O)N1CC[C@@H](O)C1. The molecule has 4 heteroatoms. The number of likely N-dealkylation sites (tertiary alicyclic amines) is 1. The minimum Gasteiger partial charge on any atom is -0.391 e.